The van der Waals surface area contributed by atoms with Crippen LogP contribution in [0.1, 0.15) is 0 Å². The molecule has 0 aliphatic carbocycles. The summed E-state index contributed by atoms with van der Waals surface area (Å²) in [6, 6.07) is 1.19. The van der Waals surface area contributed by atoms with Crippen LogP contribution in [0.25, 0.3) is 0 Å². The number of nitrogens with zero attached hydrogens (tertiary/aromatic N) is 1. The van der Waals surface area contributed by atoms with Crippen LogP contribution in [0.4, 0.5) is 4.39 Å². The van der Waals surface area contributed by atoms with Gasteiger partial charge in [0.15, 0.2) is 0 Å². The summed E-state index contributed by atoms with van der Waals surface area (Å²) in [7, 11) is 0. The number of pyridine rings is 1. The molecular formula is C6H6FNOS. The summed E-state index contributed by atoms with van der Waals surface area (Å²) in [5.74, 6) is -0.545. The Kier molecular flexibility index (Phi) is 2.11. The van der Waals surface area contributed by atoms with Crippen molar-refractivity contribution in [2.24, 2.45) is 0 Å². The summed E-state index contributed by atoms with van der Waals surface area (Å²) in [6.07, 6.45) is 2.86. The van der Waals surface area contributed by atoms with Gasteiger partial charge in [-0.05, 0) is 6.26 Å². The van der Waals surface area contributed by atoms with E-state index in [1.54, 1.807) is 6.26 Å². The van der Waals surface area contributed by atoms with Crippen LogP contribution < -0.4 is 0 Å². The van der Waals surface area contributed by atoms with Gasteiger partial charge >= 0.3 is 0 Å². The van der Waals surface area contributed by atoms with Crippen LogP contribution in [0.3, 0.4) is 0 Å². The zero-order valence-corrected chi connectivity index (χ0v) is 6.15. The smallest absolute Gasteiger partial charge is 0.214 e. The van der Waals surface area contributed by atoms with Crippen LogP contribution in [-0.4, -0.2) is 16.3 Å². The third-order valence-electron chi connectivity index (χ3n) is 1.03. The molecule has 1 rings (SSSR count). The van der Waals surface area contributed by atoms with Crippen LogP contribution in [-0.2, 0) is 0 Å². The van der Waals surface area contributed by atoms with Gasteiger partial charge in [-0.3, -0.25) is 0 Å². The fourth-order valence-corrected chi connectivity index (χ4v) is 1.05. The summed E-state index contributed by atoms with van der Waals surface area (Å²) >= 11 is 1.28. The summed E-state index contributed by atoms with van der Waals surface area (Å²) in [5.41, 5.74) is 0. The number of thioether (sulfide) groups is 1. The predicted molar refractivity (Wildman–Crippen MR) is 37.6 cm³/mol. The van der Waals surface area contributed by atoms with Crippen molar-refractivity contribution in [1.82, 2.24) is 4.98 Å². The van der Waals surface area contributed by atoms with Gasteiger partial charge in [-0.2, -0.15) is 4.39 Å². The minimum absolute atomic E-state index is 0.0221. The molecule has 0 amide bonds. The molecule has 0 aliphatic heterocycles. The average molecular weight is 159 g/mol. The van der Waals surface area contributed by atoms with Crippen LogP contribution in [0.5, 0.6) is 5.75 Å². The summed E-state index contributed by atoms with van der Waals surface area (Å²) in [6.45, 7) is 0. The Morgan fingerprint density at radius 2 is 2.40 bits per heavy atom. The molecule has 1 aromatic rings. The molecule has 0 radical (unpaired) electrons. The first-order chi connectivity index (χ1) is 4.74. The molecule has 0 aliphatic rings. The van der Waals surface area contributed by atoms with E-state index in [1.807, 2.05) is 0 Å². The standard InChI is InChI=1S/C6H6FNOS/c1-10-5-2-6(7)8-3-4(5)9/h2-3,9H,1H3. The van der Waals surface area contributed by atoms with E-state index >= 15 is 0 Å². The maximum absolute atomic E-state index is 12.3. The Morgan fingerprint density at radius 1 is 1.70 bits per heavy atom. The summed E-state index contributed by atoms with van der Waals surface area (Å²) < 4.78 is 12.3. The highest BCUT2D eigenvalue weighted by atomic mass is 32.2. The van der Waals surface area contributed by atoms with E-state index < -0.39 is 5.95 Å². The van der Waals surface area contributed by atoms with E-state index in [0.717, 1.165) is 6.20 Å². The molecule has 10 heavy (non-hydrogen) atoms. The summed E-state index contributed by atoms with van der Waals surface area (Å²) in [4.78, 5) is 3.76. The van der Waals surface area contributed by atoms with Gasteiger partial charge in [0.2, 0.25) is 5.95 Å². The lowest BCUT2D eigenvalue weighted by Gasteiger charge is -1.97. The zero-order valence-electron chi connectivity index (χ0n) is 5.34. The molecule has 0 atom stereocenters. The van der Waals surface area contributed by atoms with E-state index in [2.05, 4.69) is 4.98 Å². The van der Waals surface area contributed by atoms with Crippen LogP contribution >= 0.6 is 11.8 Å². The number of rotatable bonds is 1. The molecule has 1 heterocycles. The molecule has 0 saturated carbocycles. The van der Waals surface area contributed by atoms with E-state index in [4.69, 9.17) is 5.11 Å². The van der Waals surface area contributed by atoms with Crippen molar-refractivity contribution >= 4 is 11.8 Å². The van der Waals surface area contributed by atoms with Gasteiger partial charge in [0.1, 0.15) is 5.75 Å². The summed E-state index contributed by atoms with van der Waals surface area (Å²) in [5, 5.41) is 8.98. The molecule has 0 unspecified atom stereocenters. The first-order valence-corrected chi connectivity index (χ1v) is 3.85. The predicted octanol–water partition coefficient (Wildman–Crippen LogP) is 1.65. The highest BCUT2D eigenvalue weighted by molar-refractivity contribution is 7.98. The fourth-order valence-electron chi connectivity index (χ4n) is 0.569. The molecule has 2 nitrogen and oxygen atoms in total. The molecule has 0 bridgehead atoms. The lowest BCUT2D eigenvalue weighted by molar-refractivity contribution is 0.452. The van der Waals surface area contributed by atoms with Crippen molar-refractivity contribution < 1.29 is 9.50 Å². The second-order valence-electron chi connectivity index (χ2n) is 1.68. The van der Waals surface area contributed by atoms with Gasteiger partial charge in [0.25, 0.3) is 0 Å². The molecule has 0 spiro atoms. The average Bonchev–Trinajstić information content (AvgIpc) is 1.94. The van der Waals surface area contributed by atoms with Gasteiger partial charge < -0.3 is 5.11 Å². The van der Waals surface area contributed by atoms with Gasteiger partial charge in [-0.1, -0.05) is 0 Å². The minimum Gasteiger partial charge on any atom is -0.505 e. The maximum atomic E-state index is 12.3. The topological polar surface area (TPSA) is 33.1 Å². The normalized spacial score (nSPS) is 9.80. The Hall–Kier alpha value is -0.770. The fraction of sp³-hybridized carbons (Fsp3) is 0.167. The second-order valence-corrected chi connectivity index (χ2v) is 2.53. The van der Waals surface area contributed by atoms with Crippen LogP contribution in [0.2, 0.25) is 0 Å². The first kappa shape index (κ1) is 7.34. The number of halogens is 1. The van der Waals surface area contributed by atoms with E-state index in [9.17, 15) is 4.39 Å². The largest absolute Gasteiger partial charge is 0.505 e. The SMILES string of the molecule is CSc1cc(F)ncc1O. The quantitative estimate of drug-likeness (QED) is 0.499. The van der Waals surface area contributed by atoms with Crippen molar-refractivity contribution in [1.29, 1.82) is 0 Å². The molecule has 1 aromatic heterocycles. The van der Waals surface area contributed by atoms with Gasteiger partial charge in [-0.15, -0.1) is 11.8 Å². The lowest BCUT2D eigenvalue weighted by atomic mass is 10.4. The lowest BCUT2D eigenvalue weighted by Crippen LogP contribution is -1.81. The molecule has 0 saturated heterocycles. The molecule has 1 N–H and O–H groups in total. The van der Waals surface area contributed by atoms with Gasteiger partial charge in [0.05, 0.1) is 11.1 Å². The Balaban J connectivity index is 3.09. The molecule has 0 aromatic carbocycles. The second kappa shape index (κ2) is 2.88. The van der Waals surface area contributed by atoms with Gasteiger partial charge in [-0.25, -0.2) is 4.98 Å². The Labute approximate surface area is 62.1 Å². The third kappa shape index (κ3) is 1.39. The van der Waals surface area contributed by atoms with Crippen molar-refractivity contribution in [3.63, 3.8) is 0 Å². The van der Waals surface area contributed by atoms with Crippen molar-refractivity contribution in [2.75, 3.05) is 6.26 Å². The van der Waals surface area contributed by atoms with Crippen LogP contribution in [0, 0.1) is 5.95 Å². The van der Waals surface area contributed by atoms with Crippen LogP contribution in [0.15, 0.2) is 17.2 Å². The third-order valence-corrected chi connectivity index (χ3v) is 1.80. The number of hydrogen-bond donors (Lipinski definition) is 1. The Bertz CT molecular complexity index is 241. The molecule has 54 valence electrons. The molecule has 4 heteroatoms. The number of hydrogen-bond acceptors (Lipinski definition) is 3. The number of aromatic hydroxyl groups is 1. The van der Waals surface area contributed by atoms with E-state index in [1.165, 1.54) is 17.8 Å². The highest BCUT2D eigenvalue weighted by Gasteiger charge is 2.00. The number of aromatic nitrogens is 1. The van der Waals surface area contributed by atoms with Gasteiger partial charge in [0, 0.05) is 6.07 Å². The first-order valence-electron chi connectivity index (χ1n) is 2.62. The van der Waals surface area contributed by atoms with E-state index in [0.29, 0.717) is 4.90 Å². The minimum atomic E-state index is -0.567. The highest BCUT2D eigenvalue weighted by Crippen LogP contribution is 2.24. The maximum Gasteiger partial charge on any atom is 0.214 e. The van der Waals surface area contributed by atoms with Crippen molar-refractivity contribution in [2.45, 2.75) is 4.90 Å². The van der Waals surface area contributed by atoms with Crippen molar-refractivity contribution in [3.8, 4) is 5.75 Å². The van der Waals surface area contributed by atoms with E-state index in [-0.39, 0.29) is 5.75 Å². The monoisotopic (exact) mass is 159 g/mol. The zero-order chi connectivity index (χ0) is 7.56. The Morgan fingerprint density at radius 3 is 2.90 bits per heavy atom. The van der Waals surface area contributed by atoms with Crippen molar-refractivity contribution in [3.05, 3.63) is 18.2 Å². The molecule has 0 fully saturated rings. The molecular weight excluding hydrogens is 153 g/mol.